The lowest BCUT2D eigenvalue weighted by Crippen LogP contribution is -2.43. The van der Waals surface area contributed by atoms with Crippen molar-refractivity contribution in [2.24, 2.45) is 0 Å². The minimum atomic E-state index is -0.571. The van der Waals surface area contributed by atoms with Gasteiger partial charge in [-0.05, 0) is 44.1 Å². The maximum absolute atomic E-state index is 12.2. The number of furan rings is 1. The van der Waals surface area contributed by atoms with Crippen LogP contribution in [-0.4, -0.2) is 47.8 Å². The van der Waals surface area contributed by atoms with Crippen molar-refractivity contribution >= 4 is 17.5 Å². The Hall–Kier alpha value is -3.20. The number of carbonyl (C=O) groups excluding carboxylic acids is 2. The van der Waals surface area contributed by atoms with Crippen LogP contribution in [0.25, 0.3) is 0 Å². The number of nitro groups is 1. The van der Waals surface area contributed by atoms with E-state index in [4.69, 9.17) is 4.42 Å². The fourth-order valence-corrected chi connectivity index (χ4v) is 3.42. The molecule has 2 amide bonds. The normalized spacial score (nSPS) is 15.4. The van der Waals surface area contributed by atoms with Gasteiger partial charge in [-0.2, -0.15) is 0 Å². The number of piperidine rings is 1. The smallest absolute Gasteiger partial charge is 0.270 e. The number of nitrogens with one attached hydrogen (secondary N) is 2. The van der Waals surface area contributed by atoms with Crippen LogP contribution in [0, 0.1) is 10.1 Å². The minimum absolute atomic E-state index is 0.0540. The molecule has 9 heteroatoms. The molecule has 1 saturated heterocycles. The Morgan fingerprint density at radius 3 is 2.62 bits per heavy atom. The van der Waals surface area contributed by atoms with Gasteiger partial charge in [0.25, 0.3) is 11.6 Å². The van der Waals surface area contributed by atoms with Crippen LogP contribution in [0.2, 0.25) is 0 Å². The average Bonchev–Trinajstić information content (AvgIpc) is 3.27. The molecule has 0 saturated carbocycles. The average molecular weight is 400 g/mol. The van der Waals surface area contributed by atoms with E-state index in [-0.39, 0.29) is 29.7 Å². The standard InChI is InChI=1S/C20H24N4O5/c25-19(14-22-20(26)15-6-4-7-16(12-15)24(27)28)21-13-17(18-8-5-11-29-18)23-9-2-1-3-10-23/h4-8,11-12,17H,1-3,9-10,13-14H2,(H,21,25)(H,22,26). The van der Waals surface area contributed by atoms with E-state index in [1.54, 1.807) is 6.26 Å². The van der Waals surface area contributed by atoms with Gasteiger partial charge in [0, 0.05) is 24.2 Å². The Morgan fingerprint density at radius 2 is 1.93 bits per heavy atom. The number of nitro benzene ring substituents is 1. The van der Waals surface area contributed by atoms with Gasteiger partial charge in [-0.25, -0.2) is 0 Å². The van der Waals surface area contributed by atoms with Crippen molar-refractivity contribution in [2.45, 2.75) is 25.3 Å². The highest BCUT2D eigenvalue weighted by Gasteiger charge is 2.25. The highest BCUT2D eigenvalue weighted by molar-refractivity contribution is 5.96. The molecule has 29 heavy (non-hydrogen) atoms. The molecule has 0 radical (unpaired) electrons. The van der Waals surface area contributed by atoms with Gasteiger partial charge in [0.2, 0.25) is 5.91 Å². The first-order valence-corrected chi connectivity index (χ1v) is 9.61. The van der Waals surface area contributed by atoms with Crippen molar-refractivity contribution in [2.75, 3.05) is 26.2 Å². The third-order valence-corrected chi connectivity index (χ3v) is 4.92. The number of hydrogen-bond donors (Lipinski definition) is 2. The molecule has 1 aliphatic rings. The quantitative estimate of drug-likeness (QED) is 0.518. The number of carbonyl (C=O) groups is 2. The van der Waals surface area contributed by atoms with Crippen LogP contribution in [0.15, 0.2) is 47.1 Å². The van der Waals surface area contributed by atoms with E-state index in [0.29, 0.717) is 6.54 Å². The first kappa shape index (κ1) is 20.5. The molecule has 1 unspecified atom stereocenters. The van der Waals surface area contributed by atoms with Gasteiger partial charge in [-0.1, -0.05) is 12.5 Å². The Labute approximate surface area is 168 Å². The number of benzene rings is 1. The Bertz CT molecular complexity index is 846. The van der Waals surface area contributed by atoms with E-state index >= 15 is 0 Å². The zero-order chi connectivity index (χ0) is 20.6. The molecular formula is C20H24N4O5. The molecular weight excluding hydrogens is 376 g/mol. The van der Waals surface area contributed by atoms with Crippen LogP contribution in [-0.2, 0) is 4.79 Å². The van der Waals surface area contributed by atoms with E-state index in [2.05, 4.69) is 15.5 Å². The first-order chi connectivity index (χ1) is 14.0. The summed E-state index contributed by atoms with van der Waals surface area (Å²) in [6.45, 7) is 2.06. The fraction of sp³-hybridized carbons (Fsp3) is 0.400. The van der Waals surface area contributed by atoms with Crippen LogP contribution in [0.1, 0.15) is 41.4 Å². The van der Waals surface area contributed by atoms with Crippen LogP contribution < -0.4 is 10.6 Å². The monoisotopic (exact) mass is 400 g/mol. The first-order valence-electron chi connectivity index (χ1n) is 9.61. The molecule has 1 aromatic carbocycles. The summed E-state index contributed by atoms with van der Waals surface area (Å²) in [5.41, 5.74) is -0.0429. The molecule has 9 nitrogen and oxygen atoms in total. The van der Waals surface area contributed by atoms with Gasteiger partial charge < -0.3 is 15.1 Å². The second-order valence-corrected chi connectivity index (χ2v) is 6.92. The van der Waals surface area contributed by atoms with Gasteiger partial charge in [-0.15, -0.1) is 0 Å². The highest BCUT2D eigenvalue weighted by atomic mass is 16.6. The summed E-state index contributed by atoms with van der Waals surface area (Å²) in [4.78, 5) is 36.9. The molecule has 2 aromatic rings. The van der Waals surface area contributed by atoms with Crippen LogP contribution in [0.5, 0.6) is 0 Å². The summed E-state index contributed by atoms with van der Waals surface area (Å²) >= 11 is 0. The number of amides is 2. The molecule has 2 N–H and O–H groups in total. The summed E-state index contributed by atoms with van der Waals surface area (Å²) in [6.07, 6.45) is 5.06. The molecule has 2 heterocycles. The predicted octanol–water partition coefficient (Wildman–Crippen LogP) is 2.26. The van der Waals surface area contributed by atoms with E-state index in [9.17, 15) is 19.7 Å². The molecule has 0 bridgehead atoms. The van der Waals surface area contributed by atoms with Crippen molar-refractivity contribution in [1.29, 1.82) is 0 Å². The second-order valence-electron chi connectivity index (χ2n) is 6.92. The van der Waals surface area contributed by atoms with Gasteiger partial charge in [0.05, 0.1) is 23.8 Å². The Balaban J connectivity index is 1.52. The highest BCUT2D eigenvalue weighted by Crippen LogP contribution is 2.24. The molecule has 0 aliphatic carbocycles. The van der Waals surface area contributed by atoms with Gasteiger partial charge in [0.1, 0.15) is 5.76 Å². The van der Waals surface area contributed by atoms with Gasteiger partial charge >= 0.3 is 0 Å². The lowest BCUT2D eigenvalue weighted by Gasteiger charge is -2.33. The minimum Gasteiger partial charge on any atom is -0.468 e. The van der Waals surface area contributed by atoms with E-state index in [1.807, 2.05) is 12.1 Å². The largest absolute Gasteiger partial charge is 0.468 e. The summed E-state index contributed by atoms with van der Waals surface area (Å²) in [6, 6.07) is 9.04. The Morgan fingerprint density at radius 1 is 1.14 bits per heavy atom. The molecule has 1 aromatic heterocycles. The maximum Gasteiger partial charge on any atom is 0.270 e. The topological polar surface area (TPSA) is 118 Å². The van der Waals surface area contributed by atoms with Crippen LogP contribution in [0.3, 0.4) is 0 Å². The summed E-state index contributed by atoms with van der Waals surface area (Å²) in [5, 5.41) is 16.2. The summed E-state index contributed by atoms with van der Waals surface area (Å²) in [5.74, 6) is -0.0763. The molecule has 3 rings (SSSR count). The lowest BCUT2D eigenvalue weighted by molar-refractivity contribution is -0.384. The molecule has 1 atom stereocenters. The number of rotatable bonds is 8. The number of non-ortho nitro benzene ring substituents is 1. The fourth-order valence-electron chi connectivity index (χ4n) is 3.42. The Kier molecular flexibility index (Phi) is 6.96. The SMILES string of the molecule is O=C(CNC(=O)c1cccc([N+](=O)[O-])c1)NCC(c1ccco1)N1CCCCC1. The molecule has 1 fully saturated rings. The van der Waals surface area contributed by atoms with Crippen molar-refractivity contribution in [3.05, 3.63) is 64.1 Å². The second kappa shape index (κ2) is 9.83. The number of nitrogens with zero attached hydrogens (tertiary/aromatic N) is 2. The van der Waals surface area contributed by atoms with Crippen molar-refractivity contribution in [3.8, 4) is 0 Å². The van der Waals surface area contributed by atoms with E-state index < -0.39 is 10.8 Å². The number of likely N-dealkylation sites (tertiary alicyclic amines) is 1. The van der Waals surface area contributed by atoms with Crippen molar-refractivity contribution in [3.63, 3.8) is 0 Å². The van der Waals surface area contributed by atoms with E-state index in [0.717, 1.165) is 31.7 Å². The predicted molar refractivity (Wildman–Crippen MR) is 105 cm³/mol. The summed E-state index contributed by atoms with van der Waals surface area (Å²) < 4.78 is 5.55. The van der Waals surface area contributed by atoms with E-state index in [1.165, 1.54) is 30.7 Å². The molecule has 154 valence electrons. The zero-order valence-electron chi connectivity index (χ0n) is 16.0. The van der Waals surface area contributed by atoms with Gasteiger partial charge in [-0.3, -0.25) is 24.6 Å². The lowest BCUT2D eigenvalue weighted by atomic mass is 10.1. The van der Waals surface area contributed by atoms with Crippen molar-refractivity contribution in [1.82, 2.24) is 15.5 Å². The van der Waals surface area contributed by atoms with Crippen LogP contribution >= 0.6 is 0 Å². The molecule has 1 aliphatic heterocycles. The van der Waals surface area contributed by atoms with Gasteiger partial charge in [0.15, 0.2) is 0 Å². The number of hydrogen-bond acceptors (Lipinski definition) is 6. The maximum atomic E-state index is 12.2. The third-order valence-electron chi connectivity index (χ3n) is 4.92. The van der Waals surface area contributed by atoms with Crippen LogP contribution in [0.4, 0.5) is 5.69 Å². The molecule has 0 spiro atoms. The third kappa shape index (κ3) is 5.64. The van der Waals surface area contributed by atoms with Crippen molar-refractivity contribution < 1.29 is 18.9 Å². The summed E-state index contributed by atoms with van der Waals surface area (Å²) in [7, 11) is 0. The zero-order valence-corrected chi connectivity index (χ0v) is 16.0.